The van der Waals surface area contributed by atoms with Crippen molar-refractivity contribution in [3.63, 3.8) is 0 Å². The van der Waals surface area contributed by atoms with Crippen LogP contribution in [0.2, 0.25) is 0 Å². The lowest BCUT2D eigenvalue weighted by Crippen LogP contribution is -2.40. The van der Waals surface area contributed by atoms with Crippen LogP contribution in [0, 0.1) is 12.8 Å². The van der Waals surface area contributed by atoms with Gasteiger partial charge in [0.15, 0.2) is 0 Å². The van der Waals surface area contributed by atoms with Gasteiger partial charge in [-0.05, 0) is 66.6 Å². The van der Waals surface area contributed by atoms with Crippen LogP contribution in [0.5, 0.6) is 0 Å². The van der Waals surface area contributed by atoms with Crippen molar-refractivity contribution < 1.29 is 35.9 Å². The summed E-state index contributed by atoms with van der Waals surface area (Å²) in [5, 5.41) is 7.27. The molecule has 0 saturated carbocycles. The Labute approximate surface area is 203 Å². The van der Waals surface area contributed by atoms with E-state index in [0.717, 1.165) is 12.5 Å². The molecule has 3 heterocycles. The second-order valence-electron chi connectivity index (χ2n) is 9.30. The van der Waals surface area contributed by atoms with E-state index in [1.165, 1.54) is 49.4 Å². The highest BCUT2D eigenvalue weighted by Gasteiger charge is 2.54. The Balaban J connectivity index is 0.000000218. The van der Waals surface area contributed by atoms with Gasteiger partial charge in [-0.25, -0.2) is 0 Å². The molecule has 5 nitrogen and oxygen atoms in total. The third-order valence-corrected chi connectivity index (χ3v) is 6.63. The number of aryl methyl sites for hydroxylation is 2. The van der Waals surface area contributed by atoms with Crippen LogP contribution in [0.25, 0.3) is 0 Å². The summed E-state index contributed by atoms with van der Waals surface area (Å²) in [5.41, 5.74) is 8.41. The summed E-state index contributed by atoms with van der Waals surface area (Å²) >= 11 is 0. The highest BCUT2D eigenvalue weighted by Crippen LogP contribution is 2.46. The van der Waals surface area contributed by atoms with Gasteiger partial charge in [0.05, 0.1) is 0 Å². The number of carbonyl (C=O) groups excluding carboxylic acids is 2. The number of nitrogens with one attached hydrogen (secondary N) is 2. The molecule has 2 N–H and O–H groups in total. The van der Waals surface area contributed by atoms with Crippen LogP contribution in [0.1, 0.15) is 29.0 Å². The second kappa shape index (κ2) is 9.76. The standard InChI is InChI=1S/C21H25N3.C4F6O2/c1-14-4-2-6-17(8-14)23-18-9-15-5-3-7-24-13-16-11-22-12-20(16)19(10-18)21(15)24;5-3(6,7)1(11)2(12)4(8,9)10/h2,4,6,8-10,16,20,22-23H,3,5,7,11-13H2,1H3;/t16-,20-;/m1./s1. The molecule has 2 atom stereocenters. The van der Waals surface area contributed by atoms with Crippen LogP contribution < -0.4 is 15.5 Å². The van der Waals surface area contributed by atoms with Crippen LogP contribution in [-0.2, 0) is 16.0 Å². The van der Waals surface area contributed by atoms with E-state index in [1.54, 1.807) is 16.8 Å². The molecule has 1 fully saturated rings. The lowest BCUT2D eigenvalue weighted by molar-refractivity contribution is -0.193. The highest BCUT2D eigenvalue weighted by molar-refractivity contribution is 6.41. The summed E-state index contributed by atoms with van der Waals surface area (Å²) in [5.74, 6) is -5.35. The molecule has 0 aliphatic carbocycles. The third-order valence-electron chi connectivity index (χ3n) is 6.63. The maximum Gasteiger partial charge on any atom is 0.458 e. The van der Waals surface area contributed by atoms with Gasteiger partial charge in [-0.2, -0.15) is 26.3 Å². The first-order chi connectivity index (χ1) is 16.8. The van der Waals surface area contributed by atoms with E-state index in [2.05, 4.69) is 58.9 Å². The van der Waals surface area contributed by atoms with E-state index in [1.807, 2.05) is 0 Å². The number of ketones is 2. The van der Waals surface area contributed by atoms with Crippen LogP contribution in [-0.4, -0.2) is 50.1 Å². The predicted molar refractivity (Wildman–Crippen MR) is 123 cm³/mol. The molecule has 2 aromatic carbocycles. The minimum absolute atomic E-state index is 0.687. The molecule has 0 bridgehead atoms. The number of hydrogen-bond acceptors (Lipinski definition) is 5. The Kier molecular flexibility index (Phi) is 7.05. The molecule has 2 aromatic rings. The van der Waals surface area contributed by atoms with Crippen LogP contribution >= 0.6 is 0 Å². The van der Waals surface area contributed by atoms with Gasteiger partial charge in [0.1, 0.15) is 0 Å². The molecule has 1 saturated heterocycles. The summed E-state index contributed by atoms with van der Waals surface area (Å²) in [6.07, 6.45) is -9.04. The molecule has 0 aromatic heterocycles. The van der Waals surface area contributed by atoms with E-state index in [4.69, 9.17) is 0 Å². The average molecular weight is 513 g/mol. The lowest BCUT2D eigenvalue weighted by Gasteiger charge is -2.42. The number of Topliss-reactive ketones (excluding diaryl/α,β-unsaturated/α-hetero) is 2. The van der Waals surface area contributed by atoms with Gasteiger partial charge in [-0.3, -0.25) is 9.59 Å². The number of rotatable bonds is 3. The van der Waals surface area contributed by atoms with Gasteiger partial charge >= 0.3 is 23.9 Å². The van der Waals surface area contributed by atoms with E-state index in [-0.39, 0.29) is 0 Å². The maximum absolute atomic E-state index is 11.2. The van der Waals surface area contributed by atoms with Crippen molar-refractivity contribution in [1.29, 1.82) is 0 Å². The first kappa shape index (κ1) is 26.0. The van der Waals surface area contributed by atoms with Crippen molar-refractivity contribution in [2.75, 3.05) is 36.4 Å². The Bertz CT molecular complexity index is 1140. The van der Waals surface area contributed by atoms with Crippen molar-refractivity contribution in [3.05, 3.63) is 53.1 Å². The normalized spacial score (nSPS) is 20.6. The molecule has 5 rings (SSSR count). The number of benzene rings is 2. The number of alkyl halides is 6. The number of anilines is 3. The number of nitrogens with zero attached hydrogens (tertiary/aromatic N) is 1. The van der Waals surface area contributed by atoms with Crippen molar-refractivity contribution in [2.24, 2.45) is 5.92 Å². The first-order valence-electron chi connectivity index (χ1n) is 11.5. The summed E-state index contributed by atoms with van der Waals surface area (Å²) in [7, 11) is 0. The smallest absolute Gasteiger partial charge is 0.371 e. The largest absolute Gasteiger partial charge is 0.458 e. The molecule has 0 spiro atoms. The Morgan fingerprint density at radius 3 is 2.31 bits per heavy atom. The fourth-order valence-corrected chi connectivity index (χ4v) is 5.12. The van der Waals surface area contributed by atoms with Crippen molar-refractivity contribution in [1.82, 2.24) is 5.32 Å². The minimum atomic E-state index is -5.77. The predicted octanol–water partition coefficient (Wildman–Crippen LogP) is 5.06. The van der Waals surface area contributed by atoms with Gasteiger partial charge in [0.2, 0.25) is 0 Å². The summed E-state index contributed by atoms with van der Waals surface area (Å²) in [4.78, 5) is 21.9. The molecule has 0 radical (unpaired) electrons. The van der Waals surface area contributed by atoms with E-state index < -0.39 is 23.9 Å². The maximum atomic E-state index is 11.2. The van der Waals surface area contributed by atoms with Gasteiger partial charge in [-0.15, -0.1) is 0 Å². The van der Waals surface area contributed by atoms with Crippen LogP contribution in [0.4, 0.5) is 43.4 Å². The first-order valence-corrected chi connectivity index (χ1v) is 11.5. The van der Waals surface area contributed by atoms with Gasteiger partial charge in [0.25, 0.3) is 0 Å². The molecule has 0 unspecified atom stereocenters. The molecule has 194 valence electrons. The fourth-order valence-electron chi connectivity index (χ4n) is 5.12. The lowest BCUT2D eigenvalue weighted by atomic mass is 9.80. The van der Waals surface area contributed by atoms with E-state index in [9.17, 15) is 35.9 Å². The topological polar surface area (TPSA) is 61.4 Å². The molecule has 36 heavy (non-hydrogen) atoms. The molecule has 11 heteroatoms. The average Bonchev–Trinajstić information content (AvgIpc) is 3.26. The van der Waals surface area contributed by atoms with Crippen LogP contribution in [0.15, 0.2) is 36.4 Å². The summed E-state index contributed by atoms with van der Waals surface area (Å²) in [6.45, 7) is 6.93. The molecular formula is C25H25F6N3O2. The van der Waals surface area contributed by atoms with E-state index >= 15 is 0 Å². The Morgan fingerprint density at radius 2 is 1.67 bits per heavy atom. The summed E-state index contributed by atoms with van der Waals surface area (Å²) in [6, 6.07) is 13.5. The van der Waals surface area contributed by atoms with Crippen molar-refractivity contribution in [2.45, 2.75) is 38.0 Å². The number of fused-ring (bicyclic) bond motifs is 2. The van der Waals surface area contributed by atoms with Gasteiger partial charge in [0, 0.05) is 49.2 Å². The zero-order valence-corrected chi connectivity index (χ0v) is 19.4. The zero-order valence-electron chi connectivity index (χ0n) is 19.4. The Hall–Kier alpha value is -3.08. The van der Waals surface area contributed by atoms with Crippen molar-refractivity contribution in [3.8, 4) is 0 Å². The fraction of sp³-hybridized carbons (Fsp3) is 0.440. The number of hydrogen-bond donors (Lipinski definition) is 2. The van der Waals surface area contributed by atoms with E-state index in [0.29, 0.717) is 5.92 Å². The summed E-state index contributed by atoms with van der Waals surface area (Å²) < 4.78 is 67.0. The monoisotopic (exact) mass is 513 g/mol. The highest BCUT2D eigenvalue weighted by atomic mass is 19.4. The third kappa shape index (κ3) is 5.50. The quantitative estimate of drug-likeness (QED) is 0.444. The van der Waals surface area contributed by atoms with Crippen LogP contribution in [0.3, 0.4) is 0 Å². The molecular weight excluding hydrogens is 488 g/mol. The molecule has 3 aliphatic rings. The SMILES string of the molecule is Cc1cccc(Nc2cc3c4c(c2)[C@@H]2CNC[C@@H]2CN4CCC3)c1.O=C(C(=O)C(F)(F)F)C(F)(F)F. The Morgan fingerprint density at radius 1 is 0.972 bits per heavy atom. The molecule has 3 aliphatic heterocycles. The minimum Gasteiger partial charge on any atom is -0.371 e. The second-order valence-corrected chi connectivity index (χ2v) is 9.30. The molecule has 0 amide bonds. The van der Waals surface area contributed by atoms with Gasteiger partial charge in [-0.1, -0.05) is 12.1 Å². The van der Waals surface area contributed by atoms with Gasteiger partial charge < -0.3 is 15.5 Å². The number of halogens is 6. The zero-order chi connectivity index (χ0) is 26.3. The number of carbonyl (C=O) groups is 2. The van der Waals surface area contributed by atoms with Crippen molar-refractivity contribution >= 4 is 28.6 Å².